The highest BCUT2D eigenvalue weighted by atomic mass is 19.1. The van der Waals surface area contributed by atoms with Gasteiger partial charge in [0, 0.05) is 16.7 Å². The normalized spacial score (nSPS) is 15.5. The second-order valence-corrected chi connectivity index (χ2v) is 6.73. The van der Waals surface area contributed by atoms with Gasteiger partial charge in [0.25, 0.3) is 0 Å². The number of nitrogens with zero attached hydrogens (tertiary/aromatic N) is 1. The molecule has 0 bridgehead atoms. The van der Waals surface area contributed by atoms with Crippen LogP contribution in [0, 0.1) is 5.82 Å². The maximum Gasteiger partial charge on any atom is 0.227 e. The molecule has 30 heavy (non-hydrogen) atoms. The van der Waals surface area contributed by atoms with Crippen LogP contribution in [0.15, 0.2) is 71.9 Å². The van der Waals surface area contributed by atoms with E-state index in [0.717, 1.165) is 16.9 Å². The molecule has 0 amide bonds. The predicted octanol–water partition coefficient (Wildman–Crippen LogP) is 5.38. The van der Waals surface area contributed by atoms with E-state index in [2.05, 4.69) is 5.16 Å². The molecule has 1 heterocycles. The number of rotatable bonds is 7. The summed E-state index contributed by atoms with van der Waals surface area (Å²) < 4.78 is 31.2. The molecule has 0 unspecified atom stereocenters. The monoisotopic (exact) mass is 407 g/mol. The van der Waals surface area contributed by atoms with Crippen LogP contribution in [0.3, 0.4) is 0 Å². The molecule has 0 radical (unpaired) electrons. The molecule has 1 aliphatic rings. The fourth-order valence-electron chi connectivity index (χ4n) is 3.18. The van der Waals surface area contributed by atoms with Gasteiger partial charge < -0.3 is 19.0 Å². The van der Waals surface area contributed by atoms with E-state index in [9.17, 15) is 4.39 Å². The van der Waals surface area contributed by atoms with Crippen molar-refractivity contribution in [1.29, 1.82) is 0 Å². The SMILES string of the molecule is CCOc1ccc(/C=N\OCc2cc(F)cc3c2O[C@H](c2ccccc2)OC3)cc1. The first-order chi connectivity index (χ1) is 14.7. The molecule has 0 aliphatic carbocycles. The molecule has 0 N–H and O–H groups in total. The zero-order valence-electron chi connectivity index (χ0n) is 16.6. The summed E-state index contributed by atoms with van der Waals surface area (Å²) in [6.07, 6.45) is 1.05. The summed E-state index contributed by atoms with van der Waals surface area (Å²) >= 11 is 0. The van der Waals surface area contributed by atoms with Crippen LogP contribution in [0.1, 0.15) is 35.5 Å². The minimum Gasteiger partial charge on any atom is -0.494 e. The second-order valence-electron chi connectivity index (χ2n) is 6.73. The summed E-state index contributed by atoms with van der Waals surface area (Å²) in [6.45, 7) is 2.89. The molecule has 0 saturated heterocycles. The average Bonchev–Trinajstić information content (AvgIpc) is 2.78. The first-order valence-electron chi connectivity index (χ1n) is 9.75. The summed E-state index contributed by atoms with van der Waals surface area (Å²) in [4.78, 5) is 5.41. The van der Waals surface area contributed by atoms with E-state index in [1.165, 1.54) is 12.1 Å². The number of benzene rings is 3. The third-order valence-corrected chi connectivity index (χ3v) is 4.58. The lowest BCUT2D eigenvalue weighted by Gasteiger charge is -2.28. The molecule has 0 fully saturated rings. The van der Waals surface area contributed by atoms with Gasteiger partial charge in [0.1, 0.15) is 23.9 Å². The molecular formula is C24H22FNO4. The van der Waals surface area contributed by atoms with Gasteiger partial charge in [-0.25, -0.2) is 4.39 Å². The lowest BCUT2D eigenvalue weighted by atomic mass is 10.1. The molecule has 5 nitrogen and oxygen atoms in total. The van der Waals surface area contributed by atoms with Crippen LogP contribution in [0.5, 0.6) is 11.5 Å². The Balaban J connectivity index is 1.44. The summed E-state index contributed by atoms with van der Waals surface area (Å²) in [5.41, 5.74) is 3.00. The van der Waals surface area contributed by atoms with Crippen LogP contribution in [0.2, 0.25) is 0 Å². The van der Waals surface area contributed by atoms with E-state index < -0.39 is 6.29 Å². The minimum atomic E-state index is -0.546. The fraction of sp³-hybridized carbons (Fsp3) is 0.208. The summed E-state index contributed by atoms with van der Waals surface area (Å²) in [7, 11) is 0. The molecule has 3 aromatic carbocycles. The Morgan fingerprint density at radius 3 is 2.67 bits per heavy atom. The maximum absolute atomic E-state index is 14.0. The van der Waals surface area contributed by atoms with Gasteiger partial charge in [0.05, 0.1) is 19.4 Å². The Morgan fingerprint density at radius 2 is 1.90 bits per heavy atom. The molecule has 1 aliphatic heterocycles. The number of ether oxygens (including phenoxy) is 3. The quantitative estimate of drug-likeness (QED) is 0.390. The number of oxime groups is 1. The van der Waals surface area contributed by atoms with Crippen molar-refractivity contribution in [3.8, 4) is 11.5 Å². The molecule has 4 rings (SSSR count). The Kier molecular flexibility index (Phi) is 6.25. The number of halogens is 1. The smallest absolute Gasteiger partial charge is 0.227 e. The van der Waals surface area contributed by atoms with Crippen molar-refractivity contribution in [2.75, 3.05) is 6.61 Å². The predicted molar refractivity (Wildman–Crippen MR) is 111 cm³/mol. The minimum absolute atomic E-state index is 0.0785. The van der Waals surface area contributed by atoms with Crippen LogP contribution in [0.4, 0.5) is 4.39 Å². The van der Waals surface area contributed by atoms with Crippen LogP contribution in [-0.4, -0.2) is 12.8 Å². The first-order valence-corrected chi connectivity index (χ1v) is 9.75. The van der Waals surface area contributed by atoms with Gasteiger partial charge in [-0.15, -0.1) is 0 Å². The van der Waals surface area contributed by atoms with Crippen molar-refractivity contribution >= 4 is 6.21 Å². The molecule has 0 spiro atoms. The van der Waals surface area contributed by atoms with E-state index >= 15 is 0 Å². The first kappa shape index (κ1) is 19.9. The highest BCUT2D eigenvalue weighted by Gasteiger charge is 2.25. The lowest BCUT2D eigenvalue weighted by molar-refractivity contribution is -0.112. The van der Waals surface area contributed by atoms with Crippen LogP contribution in [-0.2, 0) is 22.8 Å². The standard InChI is InChI=1S/C24H22FNO4/c1-2-27-22-10-8-17(9-11-22)14-26-29-16-20-13-21(25)12-19-15-28-24(30-23(19)20)18-6-4-3-5-7-18/h3-14,24H,2,15-16H2,1H3/b26-14-/t24-/m1/s1. The Hall–Kier alpha value is -3.38. The lowest BCUT2D eigenvalue weighted by Crippen LogP contribution is -2.19. The largest absolute Gasteiger partial charge is 0.494 e. The van der Waals surface area contributed by atoms with Gasteiger partial charge >= 0.3 is 0 Å². The molecule has 1 atom stereocenters. The fourth-order valence-corrected chi connectivity index (χ4v) is 3.18. The summed E-state index contributed by atoms with van der Waals surface area (Å²) in [6, 6.07) is 19.9. The molecule has 3 aromatic rings. The van der Waals surface area contributed by atoms with E-state index in [-0.39, 0.29) is 19.0 Å². The van der Waals surface area contributed by atoms with Crippen molar-refractivity contribution in [3.05, 3.63) is 94.8 Å². The van der Waals surface area contributed by atoms with Crippen molar-refractivity contribution in [2.45, 2.75) is 26.4 Å². The average molecular weight is 407 g/mol. The molecule has 154 valence electrons. The number of hydrogen-bond acceptors (Lipinski definition) is 5. The van der Waals surface area contributed by atoms with Gasteiger partial charge in [0.15, 0.2) is 0 Å². The highest BCUT2D eigenvalue weighted by Crippen LogP contribution is 2.36. The third-order valence-electron chi connectivity index (χ3n) is 4.58. The molecular weight excluding hydrogens is 385 g/mol. The Labute approximate surface area is 174 Å². The van der Waals surface area contributed by atoms with Crippen molar-refractivity contribution in [2.24, 2.45) is 5.16 Å². The van der Waals surface area contributed by atoms with Crippen LogP contribution < -0.4 is 9.47 Å². The van der Waals surface area contributed by atoms with Crippen LogP contribution in [0.25, 0.3) is 0 Å². The van der Waals surface area contributed by atoms with Crippen molar-refractivity contribution in [3.63, 3.8) is 0 Å². The van der Waals surface area contributed by atoms with E-state index in [1.807, 2.05) is 61.5 Å². The third kappa shape index (κ3) is 4.78. The zero-order chi connectivity index (χ0) is 20.8. The van der Waals surface area contributed by atoms with Gasteiger partial charge in [-0.2, -0.15) is 0 Å². The van der Waals surface area contributed by atoms with E-state index in [1.54, 1.807) is 6.21 Å². The van der Waals surface area contributed by atoms with Crippen LogP contribution >= 0.6 is 0 Å². The van der Waals surface area contributed by atoms with Gasteiger partial charge in [-0.3, -0.25) is 0 Å². The van der Waals surface area contributed by atoms with E-state index in [0.29, 0.717) is 23.5 Å². The number of hydrogen-bond donors (Lipinski definition) is 0. The highest BCUT2D eigenvalue weighted by molar-refractivity contribution is 5.79. The Bertz CT molecular complexity index is 1010. The maximum atomic E-state index is 14.0. The summed E-state index contributed by atoms with van der Waals surface area (Å²) in [5.74, 6) is 1.01. The van der Waals surface area contributed by atoms with Gasteiger partial charge in [-0.05, 0) is 48.9 Å². The Morgan fingerprint density at radius 1 is 1.10 bits per heavy atom. The van der Waals surface area contributed by atoms with Gasteiger partial charge in [-0.1, -0.05) is 35.5 Å². The summed E-state index contributed by atoms with van der Waals surface area (Å²) in [5, 5.41) is 3.99. The topological polar surface area (TPSA) is 49.3 Å². The molecule has 6 heteroatoms. The van der Waals surface area contributed by atoms with Crippen molar-refractivity contribution in [1.82, 2.24) is 0 Å². The van der Waals surface area contributed by atoms with Crippen molar-refractivity contribution < 1.29 is 23.4 Å². The molecule has 0 saturated carbocycles. The van der Waals surface area contributed by atoms with E-state index in [4.69, 9.17) is 19.0 Å². The number of fused-ring (bicyclic) bond motifs is 1. The van der Waals surface area contributed by atoms with Gasteiger partial charge in [0.2, 0.25) is 6.29 Å². The second kappa shape index (κ2) is 9.41. The molecule has 0 aromatic heterocycles. The zero-order valence-corrected chi connectivity index (χ0v) is 16.6.